The average molecular weight is 371 g/mol. The first-order valence-electron chi connectivity index (χ1n) is 5.46. The molecule has 0 fully saturated rings. The molecule has 8 heteroatoms. The number of hydrogen-bond donors (Lipinski definition) is 0. The van der Waals surface area contributed by atoms with E-state index in [1.165, 1.54) is 0 Å². The third kappa shape index (κ3) is 3.86. The minimum Gasteiger partial charge on any atom is -0.214 e. The molecule has 0 saturated carbocycles. The summed E-state index contributed by atoms with van der Waals surface area (Å²) in [7, 11) is 0. The van der Waals surface area contributed by atoms with Gasteiger partial charge in [0.25, 0.3) is 0 Å². The molecule has 0 unspecified atom stereocenters. The Kier molecular flexibility index (Phi) is 4.98. The first kappa shape index (κ1) is 16.1. The van der Waals surface area contributed by atoms with Crippen molar-refractivity contribution in [2.24, 2.45) is 0 Å². The molecule has 0 radical (unpaired) electrons. The van der Waals surface area contributed by atoms with Crippen LogP contribution < -0.4 is 0 Å². The van der Waals surface area contributed by atoms with E-state index >= 15 is 0 Å². The summed E-state index contributed by atoms with van der Waals surface area (Å²) in [6.45, 7) is 1.70. The number of hydrogen-bond acceptors (Lipinski definition) is 3. The topological polar surface area (TPSA) is 38.7 Å². The second-order valence-corrected chi connectivity index (χ2v) is 7.33. The predicted molar refractivity (Wildman–Crippen MR) is 83.7 cm³/mol. The first-order chi connectivity index (χ1) is 9.27. The molecule has 0 saturated heterocycles. The molecule has 0 atom stereocenters. The third-order valence-corrected chi connectivity index (χ3v) is 3.43. The van der Waals surface area contributed by atoms with E-state index in [1.807, 2.05) is 0 Å². The molecule has 1 heterocycles. The van der Waals surface area contributed by atoms with Crippen molar-refractivity contribution in [1.82, 2.24) is 15.0 Å². The summed E-state index contributed by atoms with van der Waals surface area (Å²) in [5, 5.41) is 0. The fourth-order valence-corrected chi connectivity index (χ4v) is 2.06. The molecule has 0 bridgehead atoms. The fourth-order valence-electron chi connectivity index (χ4n) is 1.52. The van der Waals surface area contributed by atoms with E-state index in [2.05, 4.69) is 15.0 Å². The number of nitrogens with zero attached hydrogens (tertiary/aromatic N) is 3. The minimum atomic E-state index is -1.69. The zero-order valence-electron chi connectivity index (χ0n) is 10.1. The predicted octanol–water partition coefficient (Wildman–Crippen LogP) is 5.15. The SMILES string of the molecule is Cc1nc(-c2ccc(C(Cl)Cl)cc2)nc(C(Cl)(Cl)Cl)n1. The van der Waals surface area contributed by atoms with Crippen LogP contribution in [0.5, 0.6) is 0 Å². The molecule has 0 aliphatic heterocycles. The molecule has 1 aromatic heterocycles. The van der Waals surface area contributed by atoms with Crippen LogP contribution in [0, 0.1) is 6.92 Å². The Morgan fingerprint density at radius 1 is 0.950 bits per heavy atom. The molecule has 0 N–H and O–H groups in total. The summed E-state index contributed by atoms with van der Waals surface area (Å²) >= 11 is 29.0. The van der Waals surface area contributed by atoms with Gasteiger partial charge in [-0.05, 0) is 12.5 Å². The summed E-state index contributed by atoms with van der Waals surface area (Å²) in [6, 6.07) is 7.16. The van der Waals surface area contributed by atoms with Crippen molar-refractivity contribution < 1.29 is 0 Å². The third-order valence-electron chi connectivity index (χ3n) is 2.42. The Bertz CT molecular complexity index is 607. The summed E-state index contributed by atoms with van der Waals surface area (Å²) < 4.78 is -1.69. The second kappa shape index (κ2) is 6.20. The van der Waals surface area contributed by atoms with Crippen LogP contribution in [0.25, 0.3) is 11.4 Å². The molecule has 1 aromatic carbocycles. The molecule has 106 valence electrons. The van der Waals surface area contributed by atoms with Crippen LogP contribution >= 0.6 is 58.0 Å². The molecule has 2 rings (SSSR count). The molecule has 0 aliphatic carbocycles. The fraction of sp³-hybridized carbons (Fsp3) is 0.250. The standard InChI is InChI=1S/C12H8Cl5N3/c1-6-18-10(20-11(19-6)12(15,16)17)8-4-2-7(3-5-8)9(13)14/h2-5,9H,1H3. The average Bonchev–Trinajstić information content (AvgIpc) is 2.37. The zero-order chi connectivity index (χ0) is 14.9. The minimum absolute atomic E-state index is 0.0849. The van der Waals surface area contributed by atoms with E-state index in [0.29, 0.717) is 11.6 Å². The number of halogens is 5. The lowest BCUT2D eigenvalue weighted by molar-refractivity contribution is 0.884. The molecular weight excluding hydrogens is 363 g/mol. The van der Waals surface area contributed by atoms with E-state index in [9.17, 15) is 0 Å². The van der Waals surface area contributed by atoms with Gasteiger partial charge in [-0.25, -0.2) is 15.0 Å². The highest BCUT2D eigenvalue weighted by Crippen LogP contribution is 2.36. The highest BCUT2D eigenvalue weighted by atomic mass is 35.6. The van der Waals surface area contributed by atoms with E-state index in [0.717, 1.165) is 11.1 Å². The van der Waals surface area contributed by atoms with Gasteiger partial charge in [0.05, 0.1) is 0 Å². The molecular formula is C12H8Cl5N3. The van der Waals surface area contributed by atoms with Gasteiger partial charge in [0.2, 0.25) is 3.79 Å². The van der Waals surface area contributed by atoms with Gasteiger partial charge in [0.1, 0.15) is 10.7 Å². The van der Waals surface area contributed by atoms with Crippen molar-refractivity contribution in [3.63, 3.8) is 0 Å². The molecule has 0 amide bonds. The quantitative estimate of drug-likeness (QED) is 0.685. The van der Waals surface area contributed by atoms with Crippen molar-refractivity contribution in [1.29, 1.82) is 0 Å². The van der Waals surface area contributed by atoms with E-state index in [1.54, 1.807) is 31.2 Å². The molecule has 20 heavy (non-hydrogen) atoms. The Morgan fingerprint density at radius 2 is 1.55 bits per heavy atom. The number of rotatable bonds is 2. The summed E-state index contributed by atoms with van der Waals surface area (Å²) in [5.41, 5.74) is 1.54. The van der Waals surface area contributed by atoms with Crippen LogP contribution in [-0.2, 0) is 3.79 Å². The molecule has 0 aliphatic rings. The number of alkyl halides is 5. The number of benzene rings is 1. The second-order valence-electron chi connectivity index (χ2n) is 3.95. The van der Waals surface area contributed by atoms with Gasteiger partial charge in [0, 0.05) is 5.56 Å². The Labute approximate surface area is 141 Å². The lowest BCUT2D eigenvalue weighted by Gasteiger charge is -2.11. The van der Waals surface area contributed by atoms with Crippen molar-refractivity contribution in [3.05, 3.63) is 41.5 Å². The summed E-state index contributed by atoms with van der Waals surface area (Å²) in [5.74, 6) is 0.973. The van der Waals surface area contributed by atoms with Crippen LogP contribution in [-0.4, -0.2) is 15.0 Å². The summed E-state index contributed by atoms with van der Waals surface area (Å²) in [6.07, 6.45) is 0. The largest absolute Gasteiger partial charge is 0.250 e. The first-order valence-corrected chi connectivity index (χ1v) is 7.46. The van der Waals surface area contributed by atoms with E-state index in [4.69, 9.17) is 58.0 Å². The summed E-state index contributed by atoms with van der Waals surface area (Å²) in [4.78, 5) is 11.8. The van der Waals surface area contributed by atoms with E-state index < -0.39 is 8.63 Å². The lowest BCUT2D eigenvalue weighted by Crippen LogP contribution is -2.11. The monoisotopic (exact) mass is 369 g/mol. The smallest absolute Gasteiger partial charge is 0.214 e. The Balaban J connectivity index is 2.44. The highest BCUT2D eigenvalue weighted by Gasteiger charge is 2.28. The Morgan fingerprint density at radius 3 is 2.05 bits per heavy atom. The van der Waals surface area contributed by atoms with Gasteiger partial charge in [-0.2, -0.15) is 0 Å². The van der Waals surface area contributed by atoms with Crippen LogP contribution in [0.15, 0.2) is 24.3 Å². The van der Waals surface area contributed by atoms with Gasteiger partial charge in [-0.1, -0.05) is 59.1 Å². The van der Waals surface area contributed by atoms with Gasteiger partial charge in [-0.3, -0.25) is 0 Å². The van der Waals surface area contributed by atoms with Crippen molar-refractivity contribution in [3.8, 4) is 11.4 Å². The van der Waals surface area contributed by atoms with Gasteiger partial charge < -0.3 is 0 Å². The number of aryl methyl sites for hydroxylation is 1. The van der Waals surface area contributed by atoms with Crippen molar-refractivity contribution in [2.75, 3.05) is 0 Å². The number of aromatic nitrogens is 3. The normalized spacial score (nSPS) is 11.9. The van der Waals surface area contributed by atoms with Gasteiger partial charge in [-0.15, -0.1) is 23.2 Å². The van der Waals surface area contributed by atoms with Crippen LogP contribution in [0.4, 0.5) is 0 Å². The molecule has 0 spiro atoms. The van der Waals surface area contributed by atoms with Crippen LogP contribution in [0.2, 0.25) is 0 Å². The van der Waals surface area contributed by atoms with Crippen molar-refractivity contribution >= 4 is 58.0 Å². The molecule has 3 nitrogen and oxygen atoms in total. The van der Waals surface area contributed by atoms with Gasteiger partial charge >= 0.3 is 0 Å². The van der Waals surface area contributed by atoms with Gasteiger partial charge in [0.15, 0.2) is 11.6 Å². The van der Waals surface area contributed by atoms with Crippen molar-refractivity contribution in [2.45, 2.75) is 15.6 Å². The van der Waals surface area contributed by atoms with Crippen LogP contribution in [0.1, 0.15) is 22.0 Å². The zero-order valence-corrected chi connectivity index (χ0v) is 13.9. The maximum absolute atomic E-state index is 5.80. The lowest BCUT2D eigenvalue weighted by atomic mass is 10.1. The maximum atomic E-state index is 5.80. The molecule has 2 aromatic rings. The Hall–Kier alpha value is -0.320. The highest BCUT2D eigenvalue weighted by molar-refractivity contribution is 6.66. The van der Waals surface area contributed by atoms with E-state index in [-0.39, 0.29) is 5.82 Å². The van der Waals surface area contributed by atoms with Crippen LogP contribution in [0.3, 0.4) is 0 Å². The maximum Gasteiger partial charge on any atom is 0.250 e.